The second-order valence-corrected chi connectivity index (χ2v) is 2.83. The van der Waals surface area contributed by atoms with Crippen LogP contribution in [-0.4, -0.2) is 28.5 Å². The molecular formula is C6H13NO2. The van der Waals surface area contributed by atoms with Gasteiger partial charge in [-0.15, -0.1) is 0 Å². The molecule has 1 rings (SSSR count). The van der Waals surface area contributed by atoms with Gasteiger partial charge in [-0.2, -0.15) is 0 Å². The minimum absolute atomic E-state index is 0.268. The molecular weight excluding hydrogens is 118 g/mol. The number of hydrogen-bond acceptors (Lipinski definition) is 3. The molecule has 0 aliphatic heterocycles. The third-order valence-electron chi connectivity index (χ3n) is 1.94. The molecule has 2 unspecified atom stereocenters. The second kappa shape index (κ2) is 2.25. The molecule has 0 spiro atoms. The van der Waals surface area contributed by atoms with Crippen LogP contribution >= 0.6 is 0 Å². The molecule has 0 aromatic heterocycles. The largest absolute Gasteiger partial charge is 0.393 e. The Labute approximate surface area is 54.5 Å². The minimum atomic E-state index is -0.764. The van der Waals surface area contributed by atoms with Gasteiger partial charge in [-0.25, -0.2) is 0 Å². The third-order valence-corrected chi connectivity index (χ3v) is 1.94. The zero-order chi connectivity index (χ0) is 6.91. The fourth-order valence-electron chi connectivity index (χ4n) is 1.26. The molecule has 1 aliphatic carbocycles. The summed E-state index contributed by atoms with van der Waals surface area (Å²) >= 11 is 0. The topological polar surface area (TPSA) is 66.5 Å². The lowest BCUT2D eigenvalue weighted by molar-refractivity contribution is 0.0408. The van der Waals surface area contributed by atoms with E-state index in [9.17, 15) is 5.11 Å². The molecule has 0 aromatic carbocycles. The predicted molar refractivity (Wildman–Crippen MR) is 33.9 cm³/mol. The number of aliphatic hydroxyl groups excluding tert-OH is 1. The van der Waals surface area contributed by atoms with Crippen LogP contribution in [0.3, 0.4) is 0 Å². The Morgan fingerprint density at radius 3 is 2.56 bits per heavy atom. The average Bonchev–Trinajstić information content (AvgIpc) is 2.13. The Hall–Kier alpha value is -0.120. The van der Waals surface area contributed by atoms with Gasteiger partial charge in [0.15, 0.2) is 0 Å². The van der Waals surface area contributed by atoms with Gasteiger partial charge in [-0.05, 0) is 12.8 Å². The first-order valence-corrected chi connectivity index (χ1v) is 3.27. The first-order valence-electron chi connectivity index (χ1n) is 3.27. The maximum atomic E-state index is 9.39. The van der Waals surface area contributed by atoms with Gasteiger partial charge in [-0.1, -0.05) is 0 Å². The molecule has 1 fully saturated rings. The maximum Gasteiger partial charge on any atom is 0.0794 e. The lowest BCUT2D eigenvalue weighted by Crippen LogP contribution is -2.35. The van der Waals surface area contributed by atoms with E-state index in [2.05, 4.69) is 0 Å². The van der Waals surface area contributed by atoms with E-state index in [0.29, 0.717) is 19.3 Å². The van der Waals surface area contributed by atoms with Crippen molar-refractivity contribution < 1.29 is 10.2 Å². The van der Waals surface area contributed by atoms with Gasteiger partial charge in [0, 0.05) is 13.0 Å². The quantitative estimate of drug-likeness (QED) is 0.437. The lowest BCUT2D eigenvalue weighted by Gasteiger charge is -2.18. The van der Waals surface area contributed by atoms with Crippen LogP contribution in [0.5, 0.6) is 0 Å². The minimum Gasteiger partial charge on any atom is -0.393 e. The monoisotopic (exact) mass is 131 g/mol. The van der Waals surface area contributed by atoms with Crippen LogP contribution in [0.25, 0.3) is 0 Å². The highest BCUT2D eigenvalue weighted by atomic mass is 16.3. The Balaban J connectivity index is 2.45. The van der Waals surface area contributed by atoms with Crippen molar-refractivity contribution in [2.24, 2.45) is 5.73 Å². The van der Waals surface area contributed by atoms with Crippen molar-refractivity contribution in [2.45, 2.75) is 31.0 Å². The van der Waals surface area contributed by atoms with Crippen molar-refractivity contribution in [3.63, 3.8) is 0 Å². The van der Waals surface area contributed by atoms with Crippen LogP contribution < -0.4 is 5.73 Å². The lowest BCUT2D eigenvalue weighted by atomic mass is 10.0. The summed E-state index contributed by atoms with van der Waals surface area (Å²) in [5.41, 5.74) is 4.50. The molecule has 9 heavy (non-hydrogen) atoms. The van der Waals surface area contributed by atoms with Crippen molar-refractivity contribution in [2.75, 3.05) is 6.54 Å². The summed E-state index contributed by atoms with van der Waals surface area (Å²) in [6.45, 7) is 0.268. The fraction of sp³-hybridized carbons (Fsp3) is 1.00. The van der Waals surface area contributed by atoms with Crippen LogP contribution in [0, 0.1) is 0 Å². The smallest absolute Gasteiger partial charge is 0.0794 e. The van der Waals surface area contributed by atoms with Crippen molar-refractivity contribution in [1.29, 1.82) is 0 Å². The Morgan fingerprint density at radius 1 is 1.67 bits per heavy atom. The summed E-state index contributed by atoms with van der Waals surface area (Å²) in [6.07, 6.45) is 1.44. The van der Waals surface area contributed by atoms with Crippen molar-refractivity contribution in [3.05, 3.63) is 0 Å². The maximum absolute atomic E-state index is 9.39. The van der Waals surface area contributed by atoms with Gasteiger partial charge in [0.1, 0.15) is 0 Å². The molecule has 4 N–H and O–H groups in total. The molecule has 3 heteroatoms. The molecule has 1 aliphatic rings. The van der Waals surface area contributed by atoms with Gasteiger partial charge in [0.05, 0.1) is 11.7 Å². The van der Waals surface area contributed by atoms with E-state index in [1.165, 1.54) is 0 Å². The van der Waals surface area contributed by atoms with Crippen LogP contribution in [-0.2, 0) is 0 Å². The average molecular weight is 131 g/mol. The van der Waals surface area contributed by atoms with Crippen LogP contribution in [0.15, 0.2) is 0 Å². The van der Waals surface area contributed by atoms with Crippen molar-refractivity contribution >= 4 is 0 Å². The van der Waals surface area contributed by atoms with Crippen molar-refractivity contribution in [1.82, 2.24) is 0 Å². The van der Waals surface area contributed by atoms with E-state index in [1.807, 2.05) is 0 Å². The number of hydrogen-bond donors (Lipinski definition) is 3. The predicted octanol–water partition coefficient (Wildman–Crippen LogP) is -0.779. The number of aliphatic hydroxyl groups is 2. The number of rotatable bonds is 1. The van der Waals surface area contributed by atoms with Crippen molar-refractivity contribution in [3.8, 4) is 0 Å². The highest BCUT2D eigenvalue weighted by molar-refractivity contribution is 4.89. The summed E-state index contributed by atoms with van der Waals surface area (Å²) in [5, 5.41) is 18.4. The summed E-state index contributed by atoms with van der Waals surface area (Å²) < 4.78 is 0. The van der Waals surface area contributed by atoms with E-state index in [4.69, 9.17) is 10.8 Å². The normalized spacial score (nSPS) is 43.7. The van der Waals surface area contributed by atoms with Crippen LogP contribution in [0.4, 0.5) is 0 Å². The first kappa shape index (κ1) is 6.99. The zero-order valence-electron chi connectivity index (χ0n) is 5.38. The highest BCUT2D eigenvalue weighted by Crippen LogP contribution is 2.28. The van der Waals surface area contributed by atoms with E-state index in [1.54, 1.807) is 0 Å². The van der Waals surface area contributed by atoms with Gasteiger partial charge in [-0.3, -0.25) is 0 Å². The Kier molecular flexibility index (Phi) is 1.75. The summed E-state index contributed by atoms with van der Waals surface area (Å²) in [6, 6.07) is 0. The SMILES string of the molecule is NCC1(O)CCC(O)C1. The Bertz CT molecular complexity index is 107. The third kappa shape index (κ3) is 1.41. The molecule has 3 nitrogen and oxygen atoms in total. The zero-order valence-corrected chi connectivity index (χ0v) is 5.38. The van der Waals surface area contributed by atoms with E-state index >= 15 is 0 Å². The highest BCUT2D eigenvalue weighted by Gasteiger charge is 2.34. The second-order valence-electron chi connectivity index (χ2n) is 2.83. The molecule has 2 atom stereocenters. The Morgan fingerprint density at radius 2 is 2.33 bits per heavy atom. The number of nitrogens with two attached hydrogens (primary N) is 1. The standard InChI is InChI=1S/C6H13NO2/c7-4-6(9)2-1-5(8)3-6/h5,8-9H,1-4,7H2. The van der Waals surface area contributed by atoms with Gasteiger partial charge in [0.25, 0.3) is 0 Å². The molecule has 54 valence electrons. The van der Waals surface area contributed by atoms with Gasteiger partial charge in [0.2, 0.25) is 0 Å². The molecule has 1 saturated carbocycles. The molecule has 0 radical (unpaired) electrons. The summed E-state index contributed by atoms with van der Waals surface area (Å²) in [4.78, 5) is 0. The van der Waals surface area contributed by atoms with Gasteiger partial charge < -0.3 is 15.9 Å². The van der Waals surface area contributed by atoms with Crippen LogP contribution in [0.2, 0.25) is 0 Å². The summed E-state index contributed by atoms with van der Waals surface area (Å²) in [7, 11) is 0. The molecule has 0 heterocycles. The summed E-state index contributed by atoms with van der Waals surface area (Å²) in [5.74, 6) is 0. The molecule has 0 bridgehead atoms. The molecule has 0 saturated heterocycles. The van der Waals surface area contributed by atoms with E-state index in [-0.39, 0.29) is 12.6 Å². The fourth-order valence-corrected chi connectivity index (χ4v) is 1.26. The first-order chi connectivity index (χ1) is 4.16. The van der Waals surface area contributed by atoms with E-state index in [0.717, 1.165) is 0 Å². The van der Waals surface area contributed by atoms with E-state index < -0.39 is 5.60 Å². The van der Waals surface area contributed by atoms with Gasteiger partial charge >= 0.3 is 0 Å². The molecule has 0 aromatic rings. The molecule has 0 amide bonds. The van der Waals surface area contributed by atoms with Crippen LogP contribution in [0.1, 0.15) is 19.3 Å².